The molecule has 4 rings (SSSR count). The molecule has 1 aromatic heterocycles. The lowest BCUT2D eigenvalue weighted by atomic mass is 9.94. The standard InChI is InChI=1S/C19H23N3O/c1-21-13-16(12-20-21)11-15-7-10-22(14-15)18(23)19(8-9-19)17-5-3-2-4-6-17/h2-6,12-13,15H,7-11,14H2,1H3/t15-/m0/s1. The second kappa shape index (κ2) is 5.52. The Balaban J connectivity index is 1.42. The van der Waals surface area contributed by atoms with E-state index >= 15 is 0 Å². The Morgan fingerprint density at radius 3 is 2.74 bits per heavy atom. The number of carbonyl (C=O) groups is 1. The Morgan fingerprint density at radius 2 is 2.09 bits per heavy atom. The van der Waals surface area contributed by atoms with E-state index in [1.165, 1.54) is 11.1 Å². The molecule has 0 bridgehead atoms. The van der Waals surface area contributed by atoms with Gasteiger partial charge in [0, 0.05) is 26.3 Å². The van der Waals surface area contributed by atoms with Gasteiger partial charge in [-0.25, -0.2) is 0 Å². The van der Waals surface area contributed by atoms with Crippen LogP contribution in [0, 0.1) is 5.92 Å². The summed E-state index contributed by atoms with van der Waals surface area (Å²) in [5.74, 6) is 0.909. The molecule has 1 aliphatic heterocycles. The van der Waals surface area contributed by atoms with Crippen molar-refractivity contribution in [2.75, 3.05) is 13.1 Å². The Bertz CT molecular complexity index is 702. The van der Waals surface area contributed by atoms with Gasteiger partial charge in [0.2, 0.25) is 5.91 Å². The summed E-state index contributed by atoms with van der Waals surface area (Å²) in [4.78, 5) is 15.1. The molecule has 1 saturated heterocycles. The summed E-state index contributed by atoms with van der Waals surface area (Å²) in [5.41, 5.74) is 2.25. The molecule has 4 nitrogen and oxygen atoms in total. The molecule has 1 aliphatic carbocycles. The number of aryl methyl sites for hydroxylation is 1. The number of rotatable bonds is 4. The first-order valence-electron chi connectivity index (χ1n) is 8.50. The fourth-order valence-corrected chi connectivity index (χ4v) is 3.91. The lowest BCUT2D eigenvalue weighted by Crippen LogP contribution is -2.37. The van der Waals surface area contributed by atoms with Gasteiger partial charge < -0.3 is 4.90 Å². The fraction of sp³-hybridized carbons (Fsp3) is 0.474. The minimum absolute atomic E-state index is 0.218. The maximum absolute atomic E-state index is 13.0. The SMILES string of the molecule is Cn1cc(C[C@@H]2CCN(C(=O)C3(c4ccccc4)CC3)C2)cn1. The van der Waals surface area contributed by atoms with Gasteiger partial charge in [-0.05, 0) is 42.7 Å². The van der Waals surface area contributed by atoms with Crippen LogP contribution in [-0.2, 0) is 23.7 Å². The summed E-state index contributed by atoms with van der Waals surface area (Å²) in [6.07, 6.45) is 8.15. The van der Waals surface area contributed by atoms with Crippen molar-refractivity contribution in [2.24, 2.45) is 13.0 Å². The van der Waals surface area contributed by atoms with Gasteiger partial charge in [0.1, 0.15) is 0 Å². The molecule has 2 aliphatic rings. The number of likely N-dealkylation sites (tertiary alicyclic amines) is 1. The number of nitrogens with zero attached hydrogens (tertiary/aromatic N) is 3. The summed E-state index contributed by atoms with van der Waals surface area (Å²) in [5, 5.41) is 4.24. The molecule has 2 aromatic rings. The Morgan fingerprint density at radius 1 is 1.30 bits per heavy atom. The van der Waals surface area contributed by atoms with Crippen LogP contribution in [0.3, 0.4) is 0 Å². The molecule has 120 valence electrons. The molecule has 1 aromatic carbocycles. The Labute approximate surface area is 137 Å². The second-order valence-corrected chi connectivity index (χ2v) is 7.08. The minimum atomic E-state index is -0.218. The summed E-state index contributed by atoms with van der Waals surface area (Å²) in [6, 6.07) is 10.3. The van der Waals surface area contributed by atoms with Crippen molar-refractivity contribution in [1.82, 2.24) is 14.7 Å². The lowest BCUT2D eigenvalue weighted by molar-refractivity contribution is -0.133. The molecule has 0 N–H and O–H groups in total. The molecule has 0 unspecified atom stereocenters. The van der Waals surface area contributed by atoms with Crippen molar-refractivity contribution in [2.45, 2.75) is 31.1 Å². The zero-order chi connectivity index (χ0) is 15.9. The number of amides is 1. The van der Waals surface area contributed by atoms with E-state index < -0.39 is 0 Å². The first-order valence-corrected chi connectivity index (χ1v) is 8.50. The third-order valence-electron chi connectivity index (χ3n) is 5.34. The predicted octanol–water partition coefficient (Wildman–Crippen LogP) is 2.54. The van der Waals surface area contributed by atoms with E-state index in [-0.39, 0.29) is 5.41 Å². The van der Waals surface area contributed by atoms with Gasteiger partial charge in [0.05, 0.1) is 11.6 Å². The van der Waals surface area contributed by atoms with Gasteiger partial charge in [-0.2, -0.15) is 5.10 Å². The molecular formula is C19H23N3O. The zero-order valence-corrected chi connectivity index (χ0v) is 13.6. The van der Waals surface area contributed by atoms with E-state index in [2.05, 4.69) is 28.3 Å². The van der Waals surface area contributed by atoms with Crippen molar-refractivity contribution in [3.05, 3.63) is 53.9 Å². The number of aromatic nitrogens is 2. The van der Waals surface area contributed by atoms with Crippen LogP contribution < -0.4 is 0 Å². The van der Waals surface area contributed by atoms with E-state index in [0.717, 1.165) is 38.8 Å². The van der Waals surface area contributed by atoms with E-state index in [4.69, 9.17) is 0 Å². The van der Waals surface area contributed by atoms with Gasteiger partial charge in [-0.1, -0.05) is 30.3 Å². The van der Waals surface area contributed by atoms with Crippen LogP contribution in [0.5, 0.6) is 0 Å². The maximum atomic E-state index is 13.0. The molecule has 2 heterocycles. The first kappa shape index (κ1) is 14.5. The summed E-state index contributed by atoms with van der Waals surface area (Å²) >= 11 is 0. The molecule has 1 amide bonds. The number of hydrogen-bond acceptors (Lipinski definition) is 2. The van der Waals surface area contributed by atoms with Gasteiger partial charge in [0.15, 0.2) is 0 Å². The quantitative estimate of drug-likeness (QED) is 0.870. The lowest BCUT2D eigenvalue weighted by Gasteiger charge is -2.23. The first-order chi connectivity index (χ1) is 11.2. The van der Waals surface area contributed by atoms with Gasteiger partial charge in [-0.15, -0.1) is 0 Å². The van der Waals surface area contributed by atoms with E-state index in [0.29, 0.717) is 11.8 Å². The second-order valence-electron chi connectivity index (χ2n) is 7.08. The predicted molar refractivity (Wildman–Crippen MR) is 89.0 cm³/mol. The van der Waals surface area contributed by atoms with E-state index in [1.807, 2.05) is 36.1 Å². The number of carbonyl (C=O) groups excluding carboxylic acids is 1. The smallest absolute Gasteiger partial charge is 0.233 e. The van der Waals surface area contributed by atoms with Gasteiger partial charge in [0.25, 0.3) is 0 Å². The van der Waals surface area contributed by atoms with E-state index in [1.54, 1.807) is 0 Å². The summed E-state index contributed by atoms with van der Waals surface area (Å²) < 4.78 is 1.85. The highest BCUT2D eigenvalue weighted by molar-refractivity contribution is 5.91. The van der Waals surface area contributed by atoms with Crippen LogP contribution in [-0.4, -0.2) is 33.7 Å². The Kier molecular flexibility index (Phi) is 3.47. The van der Waals surface area contributed by atoms with Crippen LogP contribution in [0.4, 0.5) is 0 Å². The largest absolute Gasteiger partial charge is 0.342 e. The third-order valence-corrected chi connectivity index (χ3v) is 5.34. The monoisotopic (exact) mass is 309 g/mol. The summed E-state index contributed by atoms with van der Waals surface area (Å²) in [7, 11) is 1.95. The van der Waals surface area contributed by atoms with Crippen molar-refractivity contribution in [1.29, 1.82) is 0 Å². The number of benzene rings is 1. The van der Waals surface area contributed by atoms with Crippen LogP contribution in [0.15, 0.2) is 42.7 Å². The van der Waals surface area contributed by atoms with Crippen LogP contribution in [0.25, 0.3) is 0 Å². The molecule has 0 radical (unpaired) electrons. The minimum Gasteiger partial charge on any atom is -0.342 e. The van der Waals surface area contributed by atoms with Crippen molar-refractivity contribution < 1.29 is 4.79 Å². The molecule has 23 heavy (non-hydrogen) atoms. The molecule has 1 atom stereocenters. The fourth-order valence-electron chi connectivity index (χ4n) is 3.91. The van der Waals surface area contributed by atoms with Crippen LogP contribution in [0.1, 0.15) is 30.4 Å². The van der Waals surface area contributed by atoms with Crippen molar-refractivity contribution in [3.8, 4) is 0 Å². The molecular weight excluding hydrogens is 286 g/mol. The van der Waals surface area contributed by atoms with Crippen LogP contribution in [0.2, 0.25) is 0 Å². The normalized spacial score (nSPS) is 22.3. The molecule has 2 fully saturated rings. The van der Waals surface area contributed by atoms with Gasteiger partial charge in [-0.3, -0.25) is 9.48 Å². The van der Waals surface area contributed by atoms with Crippen molar-refractivity contribution in [3.63, 3.8) is 0 Å². The average molecular weight is 309 g/mol. The third kappa shape index (κ3) is 2.67. The molecule has 4 heteroatoms. The molecule has 0 spiro atoms. The topological polar surface area (TPSA) is 38.1 Å². The molecule has 1 saturated carbocycles. The summed E-state index contributed by atoms with van der Waals surface area (Å²) in [6.45, 7) is 1.79. The van der Waals surface area contributed by atoms with Gasteiger partial charge >= 0.3 is 0 Å². The van der Waals surface area contributed by atoms with Crippen molar-refractivity contribution >= 4 is 5.91 Å². The highest BCUT2D eigenvalue weighted by Crippen LogP contribution is 2.50. The zero-order valence-electron chi connectivity index (χ0n) is 13.6. The Hall–Kier alpha value is -2.10. The van der Waals surface area contributed by atoms with Crippen LogP contribution >= 0.6 is 0 Å². The highest BCUT2D eigenvalue weighted by Gasteiger charge is 2.53. The average Bonchev–Trinajstić information content (AvgIpc) is 3.09. The van der Waals surface area contributed by atoms with E-state index in [9.17, 15) is 4.79 Å². The maximum Gasteiger partial charge on any atom is 0.233 e. The number of hydrogen-bond donors (Lipinski definition) is 0. The highest BCUT2D eigenvalue weighted by atomic mass is 16.2.